The molecule has 1 fully saturated rings. The van der Waals surface area contributed by atoms with Crippen molar-refractivity contribution in [2.45, 2.75) is 66.3 Å². The summed E-state index contributed by atoms with van der Waals surface area (Å²) in [5.41, 5.74) is 1.43. The number of ether oxygens (including phenoxy) is 1. The summed E-state index contributed by atoms with van der Waals surface area (Å²) in [4.78, 5) is 14.9. The Morgan fingerprint density at radius 3 is 2.54 bits per heavy atom. The fourth-order valence-electron chi connectivity index (χ4n) is 3.52. The molecule has 0 aromatic carbocycles. The average molecular weight is 392 g/mol. The van der Waals surface area contributed by atoms with Gasteiger partial charge in [0.05, 0.1) is 18.4 Å². The molecule has 0 amide bonds. The molecule has 1 aliphatic rings. The van der Waals surface area contributed by atoms with Crippen LogP contribution in [0.5, 0.6) is 0 Å². The molecule has 0 bridgehead atoms. The molecule has 6 nitrogen and oxygen atoms in total. The average Bonchev–Trinajstić information content (AvgIpc) is 2.65. The molecule has 1 rings (SSSR count). The van der Waals surface area contributed by atoms with Crippen LogP contribution in [-0.4, -0.2) is 35.3 Å². The fraction of sp³-hybridized carbons (Fsp3) is 0.636. The van der Waals surface area contributed by atoms with Gasteiger partial charge in [0.25, 0.3) is 0 Å². The molecule has 0 saturated heterocycles. The van der Waals surface area contributed by atoms with Crippen LogP contribution in [0.1, 0.15) is 60.3 Å². The number of allylic oxidation sites excluding steroid dienone is 4. The lowest BCUT2D eigenvalue weighted by atomic mass is 9.77. The topological polar surface area (TPSA) is 88.2 Å². The van der Waals surface area contributed by atoms with Gasteiger partial charge in [0.1, 0.15) is 0 Å². The van der Waals surface area contributed by atoms with Gasteiger partial charge in [0, 0.05) is 35.9 Å². The van der Waals surface area contributed by atoms with E-state index in [0.29, 0.717) is 30.6 Å². The molecular formula is C22H37N3O3. The Morgan fingerprint density at radius 2 is 1.96 bits per heavy atom. The molecule has 2 unspecified atom stereocenters. The molecule has 158 valence electrons. The third-order valence-corrected chi connectivity index (χ3v) is 4.87. The number of aliphatic hydroxyl groups excluding tert-OH is 1. The zero-order valence-corrected chi connectivity index (χ0v) is 18.0. The van der Waals surface area contributed by atoms with Gasteiger partial charge < -0.3 is 14.9 Å². The summed E-state index contributed by atoms with van der Waals surface area (Å²) in [6.07, 6.45) is 11.6. The molecule has 0 heterocycles. The number of aliphatic hydroxyl groups is 1. The summed E-state index contributed by atoms with van der Waals surface area (Å²) >= 11 is 0. The highest BCUT2D eigenvalue weighted by molar-refractivity contribution is 5.77. The van der Waals surface area contributed by atoms with Crippen LogP contribution < -0.4 is 5.84 Å². The molecule has 1 saturated carbocycles. The van der Waals surface area contributed by atoms with Crippen LogP contribution in [0.4, 0.5) is 0 Å². The van der Waals surface area contributed by atoms with E-state index in [9.17, 15) is 9.90 Å². The van der Waals surface area contributed by atoms with Crippen LogP contribution in [0.2, 0.25) is 0 Å². The van der Waals surface area contributed by atoms with Crippen molar-refractivity contribution < 1.29 is 14.6 Å². The van der Waals surface area contributed by atoms with Crippen molar-refractivity contribution in [2.75, 3.05) is 6.61 Å². The predicted molar refractivity (Wildman–Crippen MR) is 115 cm³/mol. The maximum atomic E-state index is 11.2. The summed E-state index contributed by atoms with van der Waals surface area (Å²) in [6, 6.07) is 0.224. The predicted octanol–water partition coefficient (Wildman–Crippen LogP) is 4.51. The number of carbonyl (C=O) groups excluding carboxylic acids is 1. The largest absolute Gasteiger partial charge is 0.500 e. The second-order valence-corrected chi connectivity index (χ2v) is 7.95. The smallest absolute Gasteiger partial charge is 0.211 e. The van der Waals surface area contributed by atoms with Gasteiger partial charge in [-0.25, -0.2) is 10.8 Å². The first-order valence-electron chi connectivity index (χ1n) is 10.2. The van der Waals surface area contributed by atoms with Crippen molar-refractivity contribution >= 4 is 12.5 Å². The SMILES string of the molecule is C\C=N/C(O)=C\C(C=O)=C\OCC1CCCCC1/C(=C/C(C)C)N(N)C(C)C. The molecule has 0 aromatic heterocycles. The normalized spacial score (nSPS) is 22.2. The molecule has 0 aromatic rings. The van der Waals surface area contributed by atoms with Crippen LogP contribution in [0.25, 0.3) is 0 Å². The molecular weight excluding hydrogens is 354 g/mol. The van der Waals surface area contributed by atoms with Crippen molar-refractivity contribution in [1.82, 2.24) is 5.01 Å². The second kappa shape index (κ2) is 12.4. The van der Waals surface area contributed by atoms with E-state index in [1.165, 1.54) is 37.1 Å². The maximum absolute atomic E-state index is 11.2. The molecule has 3 N–H and O–H groups in total. The van der Waals surface area contributed by atoms with E-state index in [1.807, 2.05) is 5.01 Å². The summed E-state index contributed by atoms with van der Waals surface area (Å²) in [5.74, 6) is 7.26. The molecule has 0 spiro atoms. The lowest BCUT2D eigenvalue weighted by molar-refractivity contribution is -0.104. The van der Waals surface area contributed by atoms with E-state index < -0.39 is 0 Å². The van der Waals surface area contributed by atoms with E-state index in [4.69, 9.17) is 10.6 Å². The van der Waals surface area contributed by atoms with Crippen LogP contribution in [-0.2, 0) is 9.53 Å². The van der Waals surface area contributed by atoms with Gasteiger partial charge in [0.2, 0.25) is 5.88 Å². The van der Waals surface area contributed by atoms with Gasteiger partial charge in [-0.05, 0) is 39.5 Å². The number of nitrogens with zero attached hydrogens (tertiary/aromatic N) is 2. The third kappa shape index (κ3) is 7.89. The lowest BCUT2D eigenvalue weighted by Crippen LogP contribution is -2.42. The number of aldehydes is 1. The van der Waals surface area contributed by atoms with E-state index in [0.717, 1.165) is 12.8 Å². The van der Waals surface area contributed by atoms with Crippen LogP contribution >= 0.6 is 0 Å². The number of hydrogen-bond donors (Lipinski definition) is 2. The quantitative estimate of drug-likeness (QED) is 0.109. The lowest BCUT2D eigenvalue weighted by Gasteiger charge is -2.38. The standard InChI is InChI=1S/C22H37N3O3/c1-6-24-22(27)12-18(13-26)14-28-15-19-9-7-8-10-20(19)21(11-16(2)3)25(23)17(4)5/h6,11-14,16-17,19-20,27H,7-10,15,23H2,1-5H3/b18-14-,21-11-,22-12+,24-6-. The molecule has 1 aliphatic carbocycles. The Labute approximate surface area is 169 Å². The number of nitrogens with two attached hydrogens (primary N) is 1. The molecule has 0 radical (unpaired) electrons. The number of aliphatic imine (C=N–C) groups is 1. The number of hydrogen-bond acceptors (Lipinski definition) is 6. The second-order valence-electron chi connectivity index (χ2n) is 7.95. The Hall–Kier alpha value is -2.08. The summed E-state index contributed by atoms with van der Waals surface area (Å²) in [7, 11) is 0. The minimum Gasteiger partial charge on any atom is -0.500 e. The van der Waals surface area contributed by atoms with Crippen molar-refractivity contribution in [3.63, 3.8) is 0 Å². The Bertz CT molecular complexity index is 606. The van der Waals surface area contributed by atoms with Crippen molar-refractivity contribution in [3.05, 3.63) is 35.6 Å². The summed E-state index contributed by atoms with van der Waals surface area (Å²) in [5, 5.41) is 11.5. The highest BCUT2D eigenvalue weighted by atomic mass is 16.5. The van der Waals surface area contributed by atoms with E-state index >= 15 is 0 Å². The maximum Gasteiger partial charge on any atom is 0.211 e. The van der Waals surface area contributed by atoms with Crippen molar-refractivity contribution in [1.29, 1.82) is 0 Å². The van der Waals surface area contributed by atoms with Gasteiger partial charge in [-0.1, -0.05) is 32.8 Å². The highest BCUT2D eigenvalue weighted by Crippen LogP contribution is 2.37. The molecule has 6 heteroatoms. The van der Waals surface area contributed by atoms with Crippen LogP contribution in [0.3, 0.4) is 0 Å². The minimum atomic E-state index is -0.224. The van der Waals surface area contributed by atoms with Crippen LogP contribution in [0.15, 0.2) is 40.6 Å². The Morgan fingerprint density at radius 1 is 1.29 bits per heavy atom. The molecule has 0 aliphatic heterocycles. The third-order valence-electron chi connectivity index (χ3n) is 4.87. The first kappa shape index (κ1) is 24.0. The van der Waals surface area contributed by atoms with E-state index in [1.54, 1.807) is 6.92 Å². The number of hydrazine groups is 1. The summed E-state index contributed by atoms with van der Waals surface area (Å²) in [6.45, 7) is 10.7. The van der Waals surface area contributed by atoms with Gasteiger partial charge in [-0.2, -0.15) is 0 Å². The fourth-order valence-corrected chi connectivity index (χ4v) is 3.52. The van der Waals surface area contributed by atoms with Crippen LogP contribution in [0, 0.1) is 17.8 Å². The van der Waals surface area contributed by atoms with Gasteiger partial charge in [0.15, 0.2) is 6.29 Å². The molecule has 2 atom stereocenters. The minimum absolute atomic E-state index is 0.224. The van der Waals surface area contributed by atoms with Gasteiger partial charge >= 0.3 is 0 Å². The van der Waals surface area contributed by atoms with Crippen molar-refractivity contribution in [2.24, 2.45) is 28.6 Å². The monoisotopic (exact) mass is 391 g/mol. The highest BCUT2D eigenvalue weighted by Gasteiger charge is 2.31. The first-order valence-corrected chi connectivity index (χ1v) is 10.2. The first-order chi connectivity index (χ1) is 13.3. The zero-order valence-electron chi connectivity index (χ0n) is 18.0. The Kier molecular flexibility index (Phi) is 10.6. The summed E-state index contributed by atoms with van der Waals surface area (Å²) < 4.78 is 5.74. The zero-order chi connectivity index (χ0) is 21.1. The van der Waals surface area contributed by atoms with E-state index in [-0.39, 0.29) is 17.5 Å². The van der Waals surface area contributed by atoms with Gasteiger partial charge in [-0.3, -0.25) is 4.79 Å². The Balaban J connectivity index is 2.93. The van der Waals surface area contributed by atoms with Crippen molar-refractivity contribution in [3.8, 4) is 0 Å². The molecule has 28 heavy (non-hydrogen) atoms. The number of carbonyl (C=O) groups is 1. The number of rotatable bonds is 10. The van der Waals surface area contributed by atoms with Gasteiger partial charge in [-0.15, -0.1) is 0 Å². The van der Waals surface area contributed by atoms with E-state index in [2.05, 4.69) is 38.8 Å².